The van der Waals surface area contributed by atoms with Crippen molar-refractivity contribution in [1.82, 2.24) is 0 Å². The molecule has 0 radical (unpaired) electrons. The van der Waals surface area contributed by atoms with Gasteiger partial charge >= 0.3 is 7.12 Å². The SMILES string of the molecule is CC1(C)COB(c2cccc3c(I)cccc23)OC1. The van der Waals surface area contributed by atoms with E-state index < -0.39 is 0 Å². The van der Waals surface area contributed by atoms with Crippen molar-refractivity contribution in [3.63, 3.8) is 0 Å². The molecule has 1 saturated heterocycles. The predicted octanol–water partition coefficient (Wildman–Crippen LogP) is 3.21. The summed E-state index contributed by atoms with van der Waals surface area (Å²) < 4.78 is 13.1. The summed E-state index contributed by atoms with van der Waals surface area (Å²) in [5, 5.41) is 2.48. The number of hydrogen-bond donors (Lipinski definition) is 0. The Balaban J connectivity index is 2.00. The van der Waals surface area contributed by atoms with Crippen LogP contribution in [-0.2, 0) is 9.31 Å². The minimum atomic E-state index is -0.241. The highest BCUT2D eigenvalue weighted by molar-refractivity contribution is 14.1. The molecule has 0 amide bonds. The van der Waals surface area contributed by atoms with E-state index in [4.69, 9.17) is 9.31 Å². The topological polar surface area (TPSA) is 18.5 Å². The lowest BCUT2D eigenvalue weighted by Crippen LogP contribution is -2.47. The predicted molar refractivity (Wildman–Crippen MR) is 87.7 cm³/mol. The molecule has 98 valence electrons. The molecule has 1 fully saturated rings. The summed E-state index contributed by atoms with van der Waals surface area (Å²) in [6.07, 6.45) is 0. The van der Waals surface area contributed by atoms with Crippen molar-refractivity contribution in [2.75, 3.05) is 13.2 Å². The van der Waals surface area contributed by atoms with Crippen LogP contribution >= 0.6 is 22.6 Å². The van der Waals surface area contributed by atoms with Gasteiger partial charge in [0.05, 0.1) is 0 Å². The van der Waals surface area contributed by atoms with Gasteiger partial charge in [0.15, 0.2) is 0 Å². The minimum absolute atomic E-state index is 0.107. The number of fused-ring (bicyclic) bond motifs is 1. The summed E-state index contributed by atoms with van der Waals surface area (Å²) in [5.74, 6) is 0. The van der Waals surface area contributed by atoms with Crippen molar-refractivity contribution in [3.8, 4) is 0 Å². The molecule has 0 atom stereocenters. The zero-order chi connectivity index (χ0) is 13.5. The highest BCUT2D eigenvalue weighted by Crippen LogP contribution is 2.24. The summed E-state index contributed by atoms with van der Waals surface area (Å²) in [6.45, 7) is 5.79. The Labute approximate surface area is 127 Å². The number of benzene rings is 2. The molecule has 0 N–H and O–H groups in total. The molecule has 1 heterocycles. The van der Waals surface area contributed by atoms with Crippen molar-refractivity contribution < 1.29 is 9.31 Å². The zero-order valence-electron chi connectivity index (χ0n) is 11.2. The molecule has 0 aromatic heterocycles. The van der Waals surface area contributed by atoms with Crippen molar-refractivity contribution in [1.29, 1.82) is 0 Å². The van der Waals surface area contributed by atoms with Gasteiger partial charge in [-0.05, 0) is 44.9 Å². The molecule has 0 saturated carbocycles. The zero-order valence-corrected chi connectivity index (χ0v) is 13.3. The third kappa shape index (κ3) is 2.66. The molecular formula is C15H16BIO2. The van der Waals surface area contributed by atoms with Crippen LogP contribution in [0.15, 0.2) is 36.4 Å². The molecule has 2 aromatic rings. The van der Waals surface area contributed by atoms with Crippen molar-refractivity contribution >= 4 is 45.9 Å². The van der Waals surface area contributed by atoms with E-state index in [0.717, 1.165) is 18.7 Å². The van der Waals surface area contributed by atoms with Gasteiger partial charge in [-0.1, -0.05) is 44.2 Å². The first-order valence-electron chi connectivity index (χ1n) is 6.47. The summed E-state index contributed by atoms with van der Waals surface area (Å²) in [6, 6.07) is 12.7. The highest BCUT2D eigenvalue weighted by atomic mass is 127. The van der Waals surface area contributed by atoms with Crippen LogP contribution in [-0.4, -0.2) is 20.3 Å². The van der Waals surface area contributed by atoms with Crippen molar-refractivity contribution in [3.05, 3.63) is 40.0 Å². The van der Waals surface area contributed by atoms with Crippen LogP contribution in [0, 0.1) is 8.99 Å². The standard InChI is InChI=1S/C15H16BIO2/c1-15(2)9-18-16(19-10-15)13-7-3-6-12-11(13)5-4-8-14(12)17/h3-8H,9-10H2,1-2H3. The number of halogens is 1. The molecule has 2 nitrogen and oxygen atoms in total. The Morgan fingerprint density at radius 3 is 2.37 bits per heavy atom. The van der Waals surface area contributed by atoms with Gasteiger partial charge in [0.25, 0.3) is 0 Å². The van der Waals surface area contributed by atoms with E-state index in [-0.39, 0.29) is 12.5 Å². The van der Waals surface area contributed by atoms with Gasteiger partial charge in [0, 0.05) is 22.2 Å². The molecule has 0 bridgehead atoms. The molecule has 3 rings (SSSR count). The number of hydrogen-bond acceptors (Lipinski definition) is 2. The van der Waals surface area contributed by atoms with Crippen LogP contribution in [0.5, 0.6) is 0 Å². The van der Waals surface area contributed by atoms with Gasteiger partial charge in [0.1, 0.15) is 0 Å². The summed E-state index contributed by atoms with van der Waals surface area (Å²) in [7, 11) is -0.241. The lowest BCUT2D eigenvalue weighted by atomic mass is 9.73. The Kier molecular flexibility index (Phi) is 3.58. The van der Waals surface area contributed by atoms with Crippen molar-refractivity contribution in [2.24, 2.45) is 5.41 Å². The van der Waals surface area contributed by atoms with E-state index in [0.29, 0.717) is 0 Å². The normalized spacial score (nSPS) is 18.8. The Bertz CT molecular complexity index is 602. The maximum Gasteiger partial charge on any atom is 0.494 e. The van der Waals surface area contributed by atoms with E-state index in [9.17, 15) is 0 Å². The van der Waals surface area contributed by atoms with Crippen LogP contribution in [0.25, 0.3) is 10.8 Å². The van der Waals surface area contributed by atoms with E-state index in [2.05, 4.69) is 72.8 Å². The van der Waals surface area contributed by atoms with Crippen LogP contribution < -0.4 is 5.46 Å². The molecule has 0 unspecified atom stereocenters. The van der Waals surface area contributed by atoms with Gasteiger partial charge in [-0.25, -0.2) is 0 Å². The third-order valence-electron chi connectivity index (χ3n) is 3.41. The molecule has 1 aliphatic rings. The molecule has 1 aliphatic heterocycles. The highest BCUT2D eigenvalue weighted by Gasteiger charge is 2.34. The minimum Gasteiger partial charge on any atom is -0.407 e. The first-order valence-corrected chi connectivity index (χ1v) is 7.55. The Morgan fingerprint density at radius 2 is 1.63 bits per heavy atom. The van der Waals surface area contributed by atoms with Crippen LogP contribution in [0.2, 0.25) is 0 Å². The molecule has 19 heavy (non-hydrogen) atoms. The first kappa shape index (κ1) is 13.4. The van der Waals surface area contributed by atoms with Gasteiger partial charge in [0.2, 0.25) is 0 Å². The second-order valence-corrected chi connectivity index (χ2v) is 6.96. The summed E-state index contributed by atoms with van der Waals surface area (Å²) in [4.78, 5) is 0. The van der Waals surface area contributed by atoms with E-state index >= 15 is 0 Å². The largest absolute Gasteiger partial charge is 0.494 e. The molecular weight excluding hydrogens is 350 g/mol. The lowest BCUT2D eigenvalue weighted by molar-refractivity contribution is 0.0344. The fraction of sp³-hybridized carbons (Fsp3) is 0.333. The fourth-order valence-corrected chi connectivity index (χ4v) is 3.05. The van der Waals surface area contributed by atoms with Gasteiger partial charge in [-0.2, -0.15) is 0 Å². The van der Waals surface area contributed by atoms with Gasteiger partial charge in [-0.15, -0.1) is 0 Å². The van der Waals surface area contributed by atoms with Crippen LogP contribution in [0.3, 0.4) is 0 Å². The average Bonchev–Trinajstić information content (AvgIpc) is 2.39. The van der Waals surface area contributed by atoms with Gasteiger partial charge < -0.3 is 9.31 Å². The average molecular weight is 366 g/mol. The van der Waals surface area contributed by atoms with Crippen LogP contribution in [0.4, 0.5) is 0 Å². The van der Waals surface area contributed by atoms with Crippen molar-refractivity contribution in [2.45, 2.75) is 13.8 Å². The monoisotopic (exact) mass is 366 g/mol. The quantitative estimate of drug-likeness (QED) is 0.570. The van der Waals surface area contributed by atoms with E-state index in [1.165, 1.54) is 14.3 Å². The maximum atomic E-state index is 5.90. The van der Waals surface area contributed by atoms with E-state index in [1.54, 1.807) is 0 Å². The van der Waals surface area contributed by atoms with Gasteiger partial charge in [-0.3, -0.25) is 0 Å². The Hall–Kier alpha value is -0.585. The summed E-state index contributed by atoms with van der Waals surface area (Å²) >= 11 is 2.37. The summed E-state index contributed by atoms with van der Waals surface area (Å²) in [5.41, 5.74) is 1.24. The molecule has 4 heteroatoms. The lowest BCUT2D eigenvalue weighted by Gasteiger charge is -2.33. The second-order valence-electron chi connectivity index (χ2n) is 5.80. The molecule has 0 aliphatic carbocycles. The first-order chi connectivity index (χ1) is 9.07. The second kappa shape index (κ2) is 5.07. The Morgan fingerprint density at radius 1 is 1.00 bits per heavy atom. The maximum absolute atomic E-state index is 5.90. The van der Waals surface area contributed by atoms with Crippen LogP contribution in [0.1, 0.15) is 13.8 Å². The van der Waals surface area contributed by atoms with E-state index in [1.807, 2.05) is 0 Å². The number of rotatable bonds is 1. The third-order valence-corrected chi connectivity index (χ3v) is 4.35. The molecule has 0 spiro atoms. The smallest absolute Gasteiger partial charge is 0.407 e. The molecule has 2 aromatic carbocycles. The fourth-order valence-electron chi connectivity index (χ4n) is 2.37.